The van der Waals surface area contributed by atoms with Crippen LogP contribution in [-0.2, 0) is 10.0 Å². The van der Waals surface area contributed by atoms with Crippen LogP contribution in [0.3, 0.4) is 0 Å². The van der Waals surface area contributed by atoms with Crippen molar-refractivity contribution in [3.8, 4) is 5.75 Å². The summed E-state index contributed by atoms with van der Waals surface area (Å²) in [6.07, 6.45) is 0. The van der Waals surface area contributed by atoms with E-state index in [2.05, 4.69) is 4.72 Å². The highest BCUT2D eigenvalue weighted by atomic mass is 35.5. The average molecular weight is 334 g/mol. The number of aromatic hydroxyl groups is 1. The Morgan fingerprint density at radius 2 is 1.64 bits per heavy atom. The van der Waals surface area contributed by atoms with Crippen molar-refractivity contribution in [2.24, 2.45) is 0 Å². The molecule has 0 aliphatic rings. The third-order valence-electron chi connectivity index (χ3n) is 3.23. The highest BCUT2D eigenvalue weighted by Crippen LogP contribution is 2.28. The van der Waals surface area contributed by atoms with Crippen molar-refractivity contribution in [3.05, 3.63) is 65.7 Å². The minimum absolute atomic E-state index is 0.0821. The molecule has 3 rings (SSSR count). The maximum absolute atomic E-state index is 12.4. The quantitative estimate of drug-likeness (QED) is 0.712. The lowest BCUT2D eigenvalue weighted by molar-refractivity contribution is 0.475. The van der Waals surface area contributed by atoms with Crippen LogP contribution < -0.4 is 4.72 Å². The minimum atomic E-state index is -3.72. The Morgan fingerprint density at radius 3 is 2.36 bits per heavy atom. The van der Waals surface area contributed by atoms with Crippen LogP contribution in [0.4, 0.5) is 5.69 Å². The molecule has 0 saturated carbocycles. The van der Waals surface area contributed by atoms with Crippen molar-refractivity contribution in [1.82, 2.24) is 0 Å². The van der Waals surface area contributed by atoms with E-state index in [1.807, 2.05) is 24.3 Å². The van der Waals surface area contributed by atoms with Gasteiger partial charge in [0, 0.05) is 0 Å². The van der Waals surface area contributed by atoms with Gasteiger partial charge in [-0.2, -0.15) is 0 Å². The number of phenols is 1. The topological polar surface area (TPSA) is 66.4 Å². The summed E-state index contributed by atoms with van der Waals surface area (Å²) >= 11 is 5.78. The number of fused-ring (bicyclic) bond motifs is 1. The molecule has 0 aliphatic carbocycles. The lowest BCUT2D eigenvalue weighted by Crippen LogP contribution is -2.12. The van der Waals surface area contributed by atoms with Crippen molar-refractivity contribution in [3.63, 3.8) is 0 Å². The Morgan fingerprint density at radius 1 is 0.909 bits per heavy atom. The first-order valence-corrected chi connectivity index (χ1v) is 8.32. The first-order valence-electron chi connectivity index (χ1n) is 6.46. The van der Waals surface area contributed by atoms with Gasteiger partial charge in [-0.1, -0.05) is 41.9 Å². The van der Waals surface area contributed by atoms with Gasteiger partial charge in [-0.15, -0.1) is 0 Å². The number of halogens is 1. The molecule has 112 valence electrons. The SMILES string of the molecule is O=S(=O)(Nc1ccc(O)c(Cl)c1)c1ccc2ccccc2c1. The van der Waals surface area contributed by atoms with Gasteiger partial charge in [-0.25, -0.2) is 8.42 Å². The lowest BCUT2D eigenvalue weighted by atomic mass is 10.1. The van der Waals surface area contributed by atoms with Gasteiger partial charge in [-0.3, -0.25) is 4.72 Å². The summed E-state index contributed by atoms with van der Waals surface area (Å²) in [5.41, 5.74) is 0.288. The van der Waals surface area contributed by atoms with E-state index in [1.165, 1.54) is 18.2 Å². The summed E-state index contributed by atoms with van der Waals surface area (Å²) in [6.45, 7) is 0. The Bertz CT molecular complexity index is 955. The van der Waals surface area contributed by atoms with Gasteiger partial charge < -0.3 is 5.11 Å². The second-order valence-corrected chi connectivity index (χ2v) is 6.87. The predicted octanol–water partition coefficient (Wildman–Crippen LogP) is 4.00. The monoisotopic (exact) mass is 333 g/mol. The predicted molar refractivity (Wildman–Crippen MR) is 87.9 cm³/mol. The third-order valence-corrected chi connectivity index (χ3v) is 4.91. The number of sulfonamides is 1. The number of rotatable bonds is 3. The molecule has 0 spiro atoms. The normalized spacial score (nSPS) is 11.5. The molecule has 2 N–H and O–H groups in total. The van der Waals surface area contributed by atoms with Crippen LogP contribution in [-0.4, -0.2) is 13.5 Å². The van der Waals surface area contributed by atoms with Crippen molar-refractivity contribution < 1.29 is 13.5 Å². The number of benzene rings is 3. The van der Waals surface area contributed by atoms with Crippen LogP contribution in [0.25, 0.3) is 10.8 Å². The maximum atomic E-state index is 12.4. The number of hydrogen-bond acceptors (Lipinski definition) is 3. The number of nitrogens with one attached hydrogen (secondary N) is 1. The van der Waals surface area contributed by atoms with E-state index in [0.29, 0.717) is 0 Å². The Balaban J connectivity index is 1.98. The summed E-state index contributed by atoms with van der Waals surface area (Å²) in [5.74, 6) is -0.102. The standard InChI is InChI=1S/C16H12ClNO3S/c17-15-10-13(6-8-16(15)19)18-22(20,21)14-7-5-11-3-1-2-4-12(11)9-14/h1-10,18-19H. The molecule has 0 heterocycles. The van der Waals surface area contributed by atoms with Gasteiger partial charge in [0.05, 0.1) is 15.6 Å². The Hall–Kier alpha value is -2.24. The number of hydrogen-bond donors (Lipinski definition) is 2. The van der Waals surface area contributed by atoms with Crippen LogP contribution in [0.5, 0.6) is 5.75 Å². The fourth-order valence-electron chi connectivity index (χ4n) is 2.12. The first kappa shape index (κ1) is 14.7. The molecule has 0 unspecified atom stereocenters. The third kappa shape index (κ3) is 2.86. The molecule has 0 atom stereocenters. The largest absolute Gasteiger partial charge is 0.506 e. The summed E-state index contributed by atoms with van der Waals surface area (Å²) in [4.78, 5) is 0.162. The number of phenolic OH excluding ortho intramolecular Hbond substituents is 1. The highest BCUT2D eigenvalue weighted by molar-refractivity contribution is 7.92. The van der Waals surface area contributed by atoms with Crippen LogP contribution >= 0.6 is 11.6 Å². The maximum Gasteiger partial charge on any atom is 0.261 e. The van der Waals surface area contributed by atoms with E-state index in [-0.39, 0.29) is 21.4 Å². The van der Waals surface area contributed by atoms with Crippen molar-refractivity contribution in [2.75, 3.05) is 4.72 Å². The molecule has 6 heteroatoms. The molecular formula is C16H12ClNO3S. The van der Waals surface area contributed by atoms with Crippen LogP contribution in [0, 0.1) is 0 Å². The molecule has 0 bridgehead atoms. The first-order chi connectivity index (χ1) is 10.5. The van der Waals surface area contributed by atoms with E-state index in [9.17, 15) is 13.5 Å². The van der Waals surface area contributed by atoms with E-state index >= 15 is 0 Å². The lowest BCUT2D eigenvalue weighted by Gasteiger charge is -2.09. The van der Waals surface area contributed by atoms with E-state index < -0.39 is 10.0 Å². The summed E-state index contributed by atoms with van der Waals surface area (Å²) in [7, 11) is -3.72. The molecule has 3 aromatic rings. The zero-order valence-corrected chi connectivity index (χ0v) is 12.9. The fraction of sp³-hybridized carbons (Fsp3) is 0. The van der Waals surface area contributed by atoms with Gasteiger partial charge in [-0.05, 0) is 41.1 Å². The highest BCUT2D eigenvalue weighted by Gasteiger charge is 2.15. The van der Waals surface area contributed by atoms with Gasteiger partial charge in [0.2, 0.25) is 0 Å². The zero-order valence-electron chi connectivity index (χ0n) is 11.3. The van der Waals surface area contributed by atoms with Gasteiger partial charge in [0.15, 0.2) is 0 Å². The molecule has 22 heavy (non-hydrogen) atoms. The van der Waals surface area contributed by atoms with E-state index in [0.717, 1.165) is 10.8 Å². The molecule has 0 saturated heterocycles. The Kier molecular flexibility index (Phi) is 3.68. The summed E-state index contributed by atoms with van der Waals surface area (Å²) < 4.78 is 27.3. The van der Waals surface area contributed by atoms with Gasteiger partial charge in [0.1, 0.15) is 5.75 Å². The fourth-order valence-corrected chi connectivity index (χ4v) is 3.38. The second kappa shape index (κ2) is 5.51. The molecule has 0 fully saturated rings. The van der Waals surface area contributed by atoms with E-state index in [4.69, 9.17) is 11.6 Å². The molecule has 0 aromatic heterocycles. The van der Waals surface area contributed by atoms with Crippen molar-refractivity contribution in [1.29, 1.82) is 0 Å². The van der Waals surface area contributed by atoms with Crippen LogP contribution in [0.15, 0.2) is 65.6 Å². The molecule has 3 aromatic carbocycles. The zero-order chi connectivity index (χ0) is 15.7. The molecule has 0 amide bonds. The van der Waals surface area contributed by atoms with Crippen molar-refractivity contribution in [2.45, 2.75) is 4.90 Å². The van der Waals surface area contributed by atoms with Crippen LogP contribution in [0.2, 0.25) is 5.02 Å². The Labute approximate surface area is 133 Å². The van der Waals surface area contributed by atoms with Crippen LogP contribution in [0.1, 0.15) is 0 Å². The van der Waals surface area contributed by atoms with Gasteiger partial charge in [0.25, 0.3) is 10.0 Å². The molecular weight excluding hydrogens is 322 g/mol. The smallest absolute Gasteiger partial charge is 0.261 e. The van der Waals surface area contributed by atoms with E-state index in [1.54, 1.807) is 18.2 Å². The van der Waals surface area contributed by atoms with Gasteiger partial charge >= 0.3 is 0 Å². The number of anilines is 1. The second-order valence-electron chi connectivity index (χ2n) is 4.78. The molecule has 4 nitrogen and oxygen atoms in total. The average Bonchev–Trinajstić information content (AvgIpc) is 2.50. The summed E-state index contributed by atoms with van der Waals surface area (Å²) in [6, 6.07) is 16.6. The minimum Gasteiger partial charge on any atom is -0.506 e. The van der Waals surface area contributed by atoms with Crippen molar-refractivity contribution >= 4 is 38.1 Å². The summed E-state index contributed by atoms with van der Waals surface area (Å²) in [5, 5.41) is 11.3. The molecule has 0 radical (unpaired) electrons. The molecule has 0 aliphatic heterocycles.